The molecule has 0 atom stereocenters. The van der Waals surface area contributed by atoms with E-state index in [0.29, 0.717) is 11.0 Å². The third kappa shape index (κ3) is 4.32. The maximum Gasteiger partial charge on any atom is 0.342 e. The van der Waals surface area contributed by atoms with Gasteiger partial charge in [0.25, 0.3) is 5.91 Å². The molecule has 0 fully saturated rings. The van der Waals surface area contributed by atoms with Crippen LogP contribution in [0.15, 0.2) is 53.0 Å². The van der Waals surface area contributed by atoms with E-state index in [-0.39, 0.29) is 17.2 Å². The Hall–Kier alpha value is -2.34. The first-order valence-corrected chi connectivity index (χ1v) is 7.83. The lowest BCUT2D eigenvalue weighted by Crippen LogP contribution is -2.34. The normalized spacial score (nSPS) is 10.2. The summed E-state index contributed by atoms with van der Waals surface area (Å²) >= 11 is 3.22. The molecule has 0 aliphatic rings. The number of benzene rings is 2. The van der Waals surface area contributed by atoms with E-state index in [1.165, 1.54) is 17.0 Å². The van der Waals surface area contributed by atoms with Crippen molar-refractivity contribution >= 4 is 33.5 Å². The minimum atomic E-state index is -0.749. The molecule has 23 heavy (non-hydrogen) atoms. The summed E-state index contributed by atoms with van der Waals surface area (Å²) in [5.74, 6) is -1.27. The lowest BCUT2D eigenvalue weighted by molar-refractivity contribution is -0.121. The highest BCUT2D eigenvalue weighted by atomic mass is 79.9. The van der Waals surface area contributed by atoms with Gasteiger partial charge in [-0.25, -0.2) is 4.79 Å². The molecule has 0 saturated carbocycles. The van der Waals surface area contributed by atoms with Gasteiger partial charge in [-0.15, -0.1) is 0 Å². The number of nitrogens with zero attached hydrogens (tertiary/aromatic N) is 1. The topological polar surface area (TPSA) is 66.8 Å². The van der Waals surface area contributed by atoms with Crippen LogP contribution in [0.3, 0.4) is 0 Å². The fraction of sp³-hybridized carbons (Fsp3) is 0.176. The van der Waals surface area contributed by atoms with Crippen LogP contribution in [0.1, 0.15) is 17.3 Å². The Kier molecular flexibility index (Phi) is 5.76. The first-order chi connectivity index (χ1) is 11.0. The van der Waals surface area contributed by atoms with Crippen molar-refractivity contribution in [2.24, 2.45) is 0 Å². The Morgan fingerprint density at radius 3 is 2.52 bits per heavy atom. The van der Waals surface area contributed by atoms with Crippen LogP contribution >= 0.6 is 15.9 Å². The molecule has 120 valence electrons. The van der Waals surface area contributed by atoms with Gasteiger partial charge in [0.15, 0.2) is 6.61 Å². The number of carbonyl (C=O) groups is 2. The molecule has 1 N–H and O–H groups in total. The van der Waals surface area contributed by atoms with Crippen LogP contribution in [-0.2, 0) is 9.53 Å². The number of esters is 1. The van der Waals surface area contributed by atoms with Crippen LogP contribution in [0.5, 0.6) is 5.75 Å². The minimum absolute atomic E-state index is 0.00920. The first kappa shape index (κ1) is 17.0. The molecular weight excluding hydrogens is 362 g/mol. The maximum atomic E-state index is 12.2. The molecule has 2 aromatic carbocycles. The fourth-order valence-corrected chi connectivity index (χ4v) is 2.43. The third-order valence-corrected chi connectivity index (χ3v) is 3.68. The summed E-state index contributed by atoms with van der Waals surface area (Å²) in [6, 6.07) is 13.6. The molecule has 1 amide bonds. The number of para-hydroxylation sites is 1. The van der Waals surface area contributed by atoms with Gasteiger partial charge in [-0.2, -0.15) is 0 Å². The van der Waals surface area contributed by atoms with Crippen LogP contribution in [-0.4, -0.2) is 30.1 Å². The van der Waals surface area contributed by atoms with Crippen LogP contribution in [0, 0.1) is 0 Å². The van der Waals surface area contributed by atoms with E-state index < -0.39 is 12.6 Å². The van der Waals surface area contributed by atoms with Crippen molar-refractivity contribution in [2.75, 3.05) is 18.1 Å². The molecule has 0 aliphatic heterocycles. The molecule has 2 aromatic rings. The molecule has 0 aliphatic carbocycles. The Labute approximate surface area is 142 Å². The van der Waals surface area contributed by atoms with E-state index in [4.69, 9.17) is 4.74 Å². The molecule has 0 radical (unpaired) electrons. The fourth-order valence-electron chi connectivity index (χ4n) is 2.07. The number of rotatable bonds is 5. The van der Waals surface area contributed by atoms with Crippen molar-refractivity contribution in [1.82, 2.24) is 0 Å². The second kappa shape index (κ2) is 7.78. The summed E-state index contributed by atoms with van der Waals surface area (Å²) in [4.78, 5) is 25.8. The zero-order valence-corrected chi connectivity index (χ0v) is 14.1. The number of anilines is 1. The molecule has 0 unspecified atom stereocenters. The van der Waals surface area contributed by atoms with Crippen LogP contribution in [0.4, 0.5) is 5.69 Å². The average Bonchev–Trinajstić information content (AvgIpc) is 2.56. The van der Waals surface area contributed by atoms with Gasteiger partial charge in [0.05, 0.1) is 0 Å². The molecule has 0 heterocycles. The van der Waals surface area contributed by atoms with Crippen molar-refractivity contribution in [3.05, 3.63) is 58.6 Å². The van der Waals surface area contributed by atoms with E-state index in [1.807, 2.05) is 37.3 Å². The second-order valence-corrected chi connectivity index (χ2v) is 5.63. The lowest BCUT2D eigenvalue weighted by atomic mass is 10.2. The molecule has 5 nitrogen and oxygen atoms in total. The number of amides is 1. The maximum absolute atomic E-state index is 12.2. The number of halogens is 1. The third-order valence-electron chi connectivity index (χ3n) is 3.19. The highest BCUT2D eigenvalue weighted by molar-refractivity contribution is 9.10. The largest absolute Gasteiger partial charge is 0.507 e. The quantitative estimate of drug-likeness (QED) is 0.811. The van der Waals surface area contributed by atoms with Crippen molar-refractivity contribution in [3.63, 3.8) is 0 Å². The van der Waals surface area contributed by atoms with Gasteiger partial charge in [-0.1, -0.05) is 34.1 Å². The van der Waals surface area contributed by atoms with Gasteiger partial charge >= 0.3 is 5.97 Å². The van der Waals surface area contributed by atoms with Crippen LogP contribution < -0.4 is 4.90 Å². The highest BCUT2D eigenvalue weighted by Crippen LogP contribution is 2.22. The van der Waals surface area contributed by atoms with Crippen molar-refractivity contribution in [2.45, 2.75) is 6.92 Å². The number of hydrogen-bond acceptors (Lipinski definition) is 4. The lowest BCUT2D eigenvalue weighted by Gasteiger charge is -2.20. The van der Waals surface area contributed by atoms with Gasteiger partial charge in [0.2, 0.25) is 0 Å². The number of phenolic OH excluding ortho intramolecular Hbond substituents is 1. The van der Waals surface area contributed by atoms with Crippen LogP contribution in [0.2, 0.25) is 0 Å². The van der Waals surface area contributed by atoms with E-state index in [9.17, 15) is 14.7 Å². The Balaban J connectivity index is 2.03. The van der Waals surface area contributed by atoms with Crippen molar-refractivity contribution in [3.8, 4) is 5.75 Å². The SMILES string of the molecule is CCN(C(=O)COC(=O)c1cc(Br)ccc1O)c1ccccc1. The molecule has 0 aromatic heterocycles. The van der Waals surface area contributed by atoms with Gasteiger partial charge in [-0.3, -0.25) is 4.79 Å². The zero-order valence-electron chi connectivity index (χ0n) is 12.5. The summed E-state index contributed by atoms with van der Waals surface area (Å²) in [6.45, 7) is 1.91. The van der Waals surface area contributed by atoms with Crippen LogP contribution in [0.25, 0.3) is 0 Å². The number of aromatic hydroxyl groups is 1. The number of phenols is 1. The molecule has 0 saturated heterocycles. The zero-order chi connectivity index (χ0) is 16.8. The number of ether oxygens (including phenoxy) is 1. The van der Waals surface area contributed by atoms with Crippen molar-refractivity contribution < 1.29 is 19.4 Å². The summed E-state index contributed by atoms with van der Waals surface area (Å²) in [7, 11) is 0. The predicted molar refractivity (Wildman–Crippen MR) is 90.6 cm³/mol. The van der Waals surface area contributed by atoms with Gasteiger partial charge < -0.3 is 14.7 Å². The standard InChI is InChI=1S/C17H16BrNO4/c1-2-19(13-6-4-3-5-7-13)16(21)11-23-17(22)14-10-12(18)8-9-15(14)20/h3-10,20H,2,11H2,1H3. The molecule has 6 heteroatoms. The Morgan fingerprint density at radius 2 is 1.87 bits per heavy atom. The van der Waals surface area contributed by atoms with Crippen molar-refractivity contribution in [1.29, 1.82) is 0 Å². The summed E-state index contributed by atoms with van der Waals surface area (Å²) in [6.07, 6.45) is 0. The Bertz CT molecular complexity index is 703. The summed E-state index contributed by atoms with van der Waals surface area (Å²) in [5, 5.41) is 9.69. The number of likely N-dealkylation sites (N-methyl/N-ethyl adjacent to an activating group) is 1. The second-order valence-electron chi connectivity index (χ2n) is 4.71. The number of carbonyl (C=O) groups excluding carboxylic acids is 2. The molecule has 2 rings (SSSR count). The van der Waals surface area contributed by atoms with E-state index >= 15 is 0 Å². The smallest absolute Gasteiger partial charge is 0.342 e. The highest BCUT2D eigenvalue weighted by Gasteiger charge is 2.18. The minimum Gasteiger partial charge on any atom is -0.507 e. The number of hydrogen-bond donors (Lipinski definition) is 1. The predicted octanol–water partition coefficient (Wildman–Crippen LogP) is 3.36. The average molecular weight is 378 g/mol. The molecular formula is C17H16BrNO4. The van der Waals surface area contributed by atoms with E-state index in [0.717, 1.165) is 5.69 Å². The van der Waals surface area contributed by atoms with E-state index in [1.54, 1.807) is 6.07 Å². The van der Waals surface area contributed by atoms with E-state index in [2.05, 4.69) is 15.9 Å². The monoisotopic (exact) mass is 377 g/mol. The Morgan fingerprint density at radius 1 is 1.17 bits per heavy atom. The van der Waals surface area contributed by atoms with Gasteiger partial charge in [-0.05, 0) is 37.3 Å². The molecule has 0 spiro atoms. The first-order valence-electron chi connectivity index (χ1n) is 7.04. The summed E-state index contributed by atoms with van der Waals surface area (Å²) in [5.41, 5.74) is 0.747. The van der Waals surface area contributed by atoms with Gasteiger partial charge in [0.1, 0.15) is 11.3 Å². The van der Waals surface area contributed by atoms with Gasteiger partial charge in [0, 0.05) is 16.7 Å². The molecule has 0 bridgehead atoms. The summed E-state index contributed by atoms with van der Waals surface area (Å²) < 4.78 is 5.65.